The van der Waals surface area contributed by atoms with Crippen LogP contribution in [0.15, 0.2) is 16.5 Å². The molecule has 0 unspecified atom stereocenters. The van der Waals surface area contributed by atoms with E-state index in [4.69, 9.17) is 15.0 Å². The lowest BCUT2D eigenvalue weighted by Gasteiger charge is -2.25. The second-order valence-corrected chi connectivity index (χ2v) is 3.64. The molecule has 1 saturated heterocycles. The van der Waals surface area contributed by atoms with E-state index in [9.17, 15) is 0 Å². The molecule has 3 N–H and O–H groups in total. The zero-order chi connectivity index (χ0) is 10.5. The number of hydrogen-bond donors (Lipinski definition) is 2. The average molecular weight is 211 g/mol. The molecule has 84 valence electrons. The van der Waals surface area contributed by atoms with Crippen LogP contribution in [0.1, 0.15) is 11.5 Å². The number of hydrazine groups is 1. The van der Waals surface area contributed by atoms with E-state index < -0.39 is 0 Å². The van der Waals surface area contributed by atoms with Crippen LogP contribution in [0.2, 0.25) is 0 Å². The van der Waals surface area contributed by atoms with E-state index in [0.29, 0.717) is 6.54 Å². The highest BCUT2D eigenvalue weighted by Gasteiger charge is 2.12. The van der Waals surface area contributed by atoms with E-state index in [1.807, 2.05) is 12.1 Å². The van der Waals surface area contributed by atoms with Crippen molar-refractivity contribution in [1.29, 1.82) is 0 Å². The average Bonchev–Trinajstić information content (AvgIpc) is 2.68. The molecule has 0 saturated carbocycles. The molecule has 1 aromatic heterocycles. The van der Waals surface area contributed by atoms with E-state index in [1.165, 1.54) is 0 Å². The normalized spacial score (nSPS) is 18.2. The predicted molar refractivity (Wildman–Crippen MR) is 55.8 cm³/mol. The number of nitrogens with one attached hydrogen (secondary N) is 1. The maximum absolute atomic E-state index is 5.60. The Kier molecular flexibility index (Phi) is 3.74. The van der Waals surface area contributed by atoms with Crippen LogP contribution in [0.4, 0.5) is 0 Å². The van der Waals surface area contributed by atoms with E-state index in [2.05, 4.69) is 10.3 Å². The van der Waals surface area contributed by atoms with Crippen molar-refractivity contribution in [2.24, 2.45) is 5.84 Å². The first-order valence-corrected chi connectivity index (χ1v) is 5.19. The molecule has 1 fully saturated rings. The lowest BCUT2D eigenvalue weighted by Crippen LogP contribution is -2.35. The minimum Gasteiger partial charge on any atom is -0.463 e. The molecule has 1 aliphatic rings. The second-order valence-electron chi connectivity index (χ2n) is 3.64. The third-order valence-electron chi connectivity index (χ3n) is 2.48. The Morgan fingerprint density at radius 2 is 2.00 bits per heavy atom. The van der Waals surface area contributed by atoms with Gasteiger partial charge in [-0.2, -0.15) is 0 Å². The molecule has 0 spiro atoms. The molecule has 0 atom stereocenters. The molecule has 0 bridgehead atoms. The van der Waals surface area contributed by atoms with Gasteiger partial charge in [-0.25, -0.2) is 0 Å². The van der Waals surface area contributed by atoms with Gasteiger partial charge in [0.05, 0.1) is 26.3 Å². The molecule has 0 radical (unpaired) electrons. The molecule has 5 heteroatoms. The van der Waals surface area contributed by atoms with E-state index in [-0.39, 0.29) is 0 Å². The minimum atomic E-state index is 0.573. The van der Waals surface area contributed by atoms with Gasteiger partial charge in [-0.05, 0) is 12.1 Å². The summed E-state index contributed by atoms with van der Waals surface area (Å²) in [7, 11) is 0. The van der Waals surface area contributed by atoms with E-state index >= 15 is 0 Å². The van der Waals surface area contributed by atoms with Crippen LogP contribution in [0, 0.1) is 0 Å². The second kappa shape index (κ2) is 5.27. The highest BCUT2D eigenvalue weighted by molar-refractivity contribution is 5.06. The van der Waals surface area contributed by atoms with Gasteiger partial charge in [-0.15, -0.1) is 0 Å². The Labute approximate surface area is 89.1 Å². The number of rotatable bonds is 4. The van der Waals surface area contributed by atoms with Crippen molar-refractivity contribution in [2.45, 2.75) is 13.1 Å². The van der Waals surface area contributed by atoms with Gasteiger partial charge in [0.1, 0.15) is 11.5 Å². The Hall–Kier alpha value is -0.880. The van der Waals surface area contributed by atoms with Gasteiger partial charge >= 0.3 is 0 Å². The minimum absolute atomic E-state index is 0.573. The molecule has 15 heavy (non-hydrogen) atoms. The maximum Gasteiger partial charge on any atom is 0.119 e. The van der Waals surface area contributed by atoms with Crippen LogP contribution >= 0.6 is 0 Å². The van der Waals surface area contributed by atoms with Gasteiger partial charge in [0.25, 0.3) is 0 Å². The third-order valence-corrected chi connectivity index (χ3v) is 2.48. The molecule has 0 aromatic carbocycles. The molecular formula is C10H17N3O2. The predicted octanol–water partition coefficient (Wildman–Crippen LogP) is 0.0751. The summed E-state index contributed by atoms with van der Waals surface area (Å²) in [6.45, 7) is 5.02. The summed E-state index contributed by atoms with van der Waals surface area (Å²) in [5.41, 5.74) is 2.57. The van der Waals surface area contributed by atoms with Gasteiger partial charge in [-0.1, -0.05) is 0 Å². The first-order chi connectivity index (χ1) is 7.38. The van der Waals surface area contributed by atoms with E-state index in [1.54, 1.807) is 0 Å². The smallest absolute Gasteiger partial charge is 0.119 e. The number of morpholine rings is 1. The molecule has 1 aromatic rings. The first kappa shape index (κ1) is 10.6. The molecule has 2 rings (SSSR count). The molecule has 1 aliphatic heterocycles. The van der Waals surface area contributed by atoms with Crippen LogP contribution in [-0.4, -0.2) is 31.2 Å². The van der Waals surface area contributed by atoms with Gasteiger partial charge in [0.2, 0.25) is 0 Å². The molecule has 5 nitrogen and oxygen atoms in total. The standard InChI is InChI=1S/C10H17N3O2/c11-12-7-9-1-2-10(15-9)8-13-3-5-14-6-4-13/h1-2,12H,3-8,11H2. The number of nitrogens with two attached hydrogens (primary N) is 1. The molecule has 0 amide bonds. The van der Waals surface area contributed by atoms with Crippen molar-refractivity contribution in [2.75, 3.05) is 26.3 Å². The zero-order valence-electron chi connectivity index (χ0n) is 8.74. The number of furan rings is 1. The summed E-state index contributed by atoms with van der Waals surface area (Å²) in [5.74, 6) is 7.08. The van der Waals surface area contributed by atoms with Gasteiger partial charge in [-0.3, -0.25) is 16.2 Å². The summed E-state index contributed by atoms with van der Waals surface area (Å²) < 4.78 is 10.9. The highest BCUT2D eigenvalue weighted by atomic mass is 16.5. The van der Waals surface area contributed by atoms with Crippen LogP contribution < -0.4 is 11.3 Å². The fourth-order valence-electron chi connectivity index (χ4n) is 1.68. The summed E-state index contributed by atoms with van der Waals surface area (Å²) in [5, 5.41) is 0. The summed E-state index contributed by atoms with van der Waals surface area (Å²) >= 11 is 0. The van der Waals surface area contributed by atoms with Crippen LogP contribution in [0.25, 0.3) is 0 Å². The topological polar surface area (TPSA) is 63.7 Å². The fraction of sp³-hybridized carbons (Fsp3) is 0.600. The van der Waals surface area contributed by atoms with Crippen LogP contribution in [0.3, 0.4) is 0 Å². The molecule has 0 aliphatic carbocycles. The largest absolute Gasteiger partial charge is 0.463 e. The van der Waals surface area contributed by atoms with Gasteiger partial charge in [0, 0.05) is 13.1 Å². The number of ether oxygens (including phenoxy) is 1. The van der Waals surface area contributed by atoms with E-state index in [0.717, 1.165) is 44.4 Å². The van der Waals surface area contributed by atoms with Crippen molar-refractivity contribution in [3.63, 3.8) is 0 Å². The SMILES string of the molecule is NNCc1ccc(CN2CCOCC2)o1. The molecule has 2 heterocycles. The fourth-order valence-corrected chi connectivity index (χ4v) is 1.68. The van der Waals surface area contributed by atoms with Crippen molar-refractivity contribution >= 4 is 0 Å². The van der Waals surface area contributed by atoms with Gasteiger partial charge < -0.3 is 9.15 Å². The van der Waals surface area contributed by atoms with Crippen LogP contribution in [-0.2, 0) is 17.8 Å². The lowest BCUT2D eigenvalue weighted by molar-refractivity contribution is 0.0312. The van der Waals surface area contributed by atoms with Crippen molar-refractivity contribution in [1.82, 2.24) is 10.3 Å². The van der Waals surface area contributed by atoms with Gasteiger partial charge in [0.15, 0.2) is 0 Å². The molecular weight excluding hydrogens is 194 g/mol. The van der Waals surface area contributed by atoms with Crippen LogP contribution in [0.5, 0.6) is 0 Å². The summed E-state index contributed by atoms with van der Waals surface area (Å²) in [4.78, 5) is 2.32. The zero-order valence-corrected chi connectivity index (χ0v) is 8.74. The Balaban J connectivity index is 1.86. The monoisotopic (exact) mass is 211 g/mol. The van der Waals surface area contributed by atoms with Crippen molar-refractivity contribution in [3.8, 4) is 0 Å². The summed E-state index contributed by atoms with van der Waals surface area (Å²) in [6.07, 6.45) is 0. The van der Waals surface area contributed by atoms with Crippen molar-refractivity contribution < 1.29 is 9.15 Å². The summed E-state index contributed by atoms with van der Waals surface area (Å²) in [6, 6.07) is 3.96. The quantitative estimate of drug-likeness (QED) is 0.545. The lowest BCUT2D eigenvalue weighted by atomic mass is 10.3. The van der Waals surface area contributed by atoms with Crippen molar-refractivity contribution in [3.05, 3.63) is 23.7 Å². The Morgan fingerprint density at radius 3 is 2.73 bits per heavy atom. The first-order valence-electron chi connectivity index (χ1n) is 5.19. The number of nitrogens with zero attached hydrogens (tertiary/aromatic N) is 1. The Bertz CT molecular complexity index is 295. The number of hydrogen-bond acceptors (Lipinski definition) is 5. The Morgan fingerprint density at radius 1 is 1.27 bits per heavy atom. The maximum atomic E-state index is 5.60. The highest BCUT2D eigenvalue weighted by Crippen LogP contribution is 2.11. The third kappa shape index (κ3) is 3.04.